The number of aryl methyl sites for hydroxylation is 2. The summed E-state index contributed by atoms with van der Waals surface area (Å²) in [5, 5.41) is 1.54. The van der Waals surface area contributed by atoms with Crippen molar-refractivity contribution in [3.63, 3.8) is 0 Å². The van der Waals surface area contributed by atoms with Crippen molar-refractivity contribution >= 4 is 21.8 Å². The second-order valence-electron chi connectivity index (χ2n) is 6.04. The summed E-state index contributed by atoms with van der Waals surface area (Å²) in [5.41, 5.74) is 5.26. The largest absolute Gasteiger partial charge is 0.309 e. The molecule has 0 atom stereocenters. The molecule has 2 nitrogen and oxygen atoms in total. The van der Waals surface area contributed by atoms with Gasteiger partial charge in [0.05, 0.1) is 11.0 Å². The number of aromatic nitrogens is 1. The van der Waals surface area contributed by atoms with E-state index in [2.05, 4.69) is 28.8 Å². The zero-order valence-corrected chi connectivity index (χ0v) is 17.2. The molecule has 0 spiro atoms. The van der Waals surface area contributed by atoms with Gasteiger partial charge in [-0.05, 0) is 50.2 Å². The molecule has 1 aromatic heterocycles. The molecule has 4 aromatic rings. The fourth-order valence-corrected chi connectivity index (χ4v) is 3.18. The smallest absolute Gasteiger partial charge is 0.197 e. The monoisotopic (exact) mass is 359 g/mol. The van der Waals surface area contributed by atoms with Crippen molar-refractivity contribution in [2.24, 2.45) is 0 Å². The standard InChI is InChI=1S/C21H17NO.2C2H6/c1-14-8-10-19-17(12-14)21(23)18-13-15(2)9-11-20(18)22(19)16-6-4-3-5-7-16;2*1-2/h3-13H,1-2H3;2*1-2H3. The summed E-state index contributed by atoms with van der Waals surface area (Å²) in [5.74, 6) is 0. The number of benzene rings is 3. The van der Waals surface area contributed by atoms with Gasteiger partial charge in [0.1, 0.15) is 0 Å². The molecule has 0 aliphatic heterocycles. The van der Waals surface area contributed by atoms with Crippen LogP contribution < -0.4 is 5.43 Å². The molecule has 27 heavy (non-hydrogen) atoms. The molecule has 0 bridgehead atoms. The zero-order valence-electron chi connectivity index (χ0n) is 17.2. The van der Waals surface area contributed by atoms with Gasteiger partial charge >= 0.3 is 0 Å². The summed E-state index contributed by atoms with van der Waals surface area (Å²) in [4.78, 5) is 13.0. The molecule has 0 aliphatic rings. The van der Waals surface area contributed by atoms with E-state index in [4.69, 9.17) is 0 Å². The van der Waals surface area contributed by atoms with Crippen molar-refractivity contribution in [3.8, 4) is 5.69 Å². The topological polar surface area (TPSA) is 22.0 Å². The summed E-state index contributed by atoms with van der Waals surface area (Å²) < 4.78 is 2.17. The summed E-state index contributed by atoms with van der Waals surface area (Å²) in [6.07, 6.45) is 0. The van der Waals surface area contributed by atoms with Gasteiger partial charge in [0.2, 0.25) is 0 Å². The van der Waals surface area contributed by atoms with Gasteiger partial charge in [-0.3, -0.25) is 4.79 Å². The second kappa shape index (κ2) is 9.18. The van der Waals surface area contributed by atoms with E-state index >= 15 is 0 Å². The first-order valence-corrected chi connectivity index (χ1v) is 9.76. The Morgan fingerprint density at radius 2 is 1.07 bits per heavy atom. The van der Waals surface area contributed by atoms with Crippen molar-refractivity contribution in [1.82, 2.24) is 4.57 Å². The van der Waals surface area contributed by atoms with Crippen molar-refractivity contribution in [2.45, 2.75) is 41.5 Å². The quantitative estimate of drug-likeness (QED) is 0.342. The average Bonchev–Trinajstić information content (AvgIpc) is 2.73. The predicted molar refractivity (Wildman–Crippen MR) is 119 cm³/mol. The first-order valence-electron chi connectivity index (χ1n) is 9.76. The van der Waals surface area contributed by atoms with Crippen LogP contribution in [0.3, 0.4) is 0 Å². The van der Waals surface area contributed by atoms with Gasteiger partial charge in [0, 0.05) is 16.5 Å². The van der Waals surface area contributed by atoms with Gasteiger partial charge in [0.25, 0.3) is 0 Å². The van der Waals surface area contributed by atoms with Crippen LogP contribution >= 0.6 is 0 Å². The SMILES string of the molecule is CC.CC.Cc1ccc2c(c1)c(=O)c1cc(C)ccc1n2-c1ccccc1. The number of fused-ring (bicyclic) bond motifs is 2. The van der Waals surface area contributed by atoms with Gasteiger partial charge in [-0.1, -0.05) is 69.2 Å². The lowest BCUT2D eigenvalue weighted by molar-refractivity contribution is 1.16. The van der Waals surface area contributed by atoms with E-state index in [1.165, 1.54) is 0 Å². The van der Waals surface area contributed by atoms with E-state index in [-0.39, 0.29) is 5.43 Å². The molecule has 0 N–H and O–H groups in total. The number of para-hydroxylation sites is 1. The van der Waals surface area contributed by atoms with Crippen LogP contribution in [0.2, 0.25) is 0 Å². The Hall–Kier alpha value is -2.87. The second-order valence-corrected chi connectivity index (χ2v) is 6.04. The van der Waals surface area contributed by atoms with E-state index in [0.717, 1.165) is 38.6 Å². The minimum Gasteiger partial charge on any atom is -0.309 e. The van der Waals surface area contributed by atoms with Gasteiger partial charge in [0.15, 0.2) is 5.43 Å². The predicted octanol–water partition coefficient (Wildman–Crippen LogP) is 6.81. The first kappa shape index (κ1) is 20.4. The number of rotatable bonds is 1. The zero-order chi connectivity index (χ0) is 20.0. The molecule has 2 heteroatoms. The number of pyridine rings is 1. The van der Waals surface area contributed by atoms with Crippen LogP contribution in [-0.2, 0) is 0 Å². The summed E-state index contributed by atoms with van der Waals surface area (Å²) >= 11 is 0. The van der Waals surface area contributed by atoms with Crippen LogP contribution in [-0.4, -0.2) is 4.57 Å². The molecule has 0 amide bonds. The van der Waals surface area contributed by atoms with Crippen molar-refractivity contribution in [2.75, 3.05) is 0 Å². The van der Waals surface area contributed by atoms with Crippen LogP contribution in [0.15, 0.2) is 71.5 Å². The van der Waals surface area contributed by atoms with Gasteiger partial charge in [-0.15, -0.1) is 0 Å². The van der Waals surface area contributed by atoms with Crippen LogP contribution in [0.4, 0.5) is 0 Å². The van der Waals surface area contributed by atoms with E-state index in [1.54, 1.807) is 0 Å². The van der Waals surface area contributed by atoms with Crippen LogP contribution in [0, 0.1) is 13.8 Å². The molecule has 0 radical (unpaired) electrons. The maximum absolute atomic E-state index is 13.0. The highest BCUT2D eigenvalue weighted by Gasteiger charge is 2.12. The molecule has 4 rings (SSSR count). The molecule has 0 saturated heterocycles. The Morgan fingerprint density at radius 3 is 1.52 bits per heavy atom. The normalized spacial score (nSPS) is 10.0. The molecule has 0 saturated carbocycles. The van der Waals surface area contributed by atoms with E-state index < -0.39 is 0 Å². The van der Waals surface area contributed by atoms with Gasteiger partial charge < -0.3 is 4.57 Å². The van der Waals surface area contributed by atoms with E-state index in [1.807, 2.05) is 84.0 Å². The van der Waals surface area contributed by atoms with E-state index in [0.29, 0.717) is 0 Å². The lowest BCUT2D eigenvalue weighted by Gasteiger charge is -2.16. The average molecular weight is 360 g/mol. The molecule has 0 unspecified atom stereocenters. The highest BCUT2D eigenvalue weighted by molar-refractivity contribution is 5.95. The third-order valence-electron chi connectivity index (χ3n) is 4.29. The third-order valence-corrected chi connectivity index (χ3v) is 4.29. The molecule has 3 aromatic carbocycles. The lowest BCUT2D eigenvalue weighted by atomic mass is 10.0. The van der Waals surface area contributed by atoms with Crippen LogP contribution in [0.1, 0.15) is 38.8 Å². The highest BCUT2D eigenvalue weighted by Crippen LogP contribution is 2.25. The van der Waals surface area contributed by atoms with Crippen molar-refractivity contribution in [1.29, 1.82) is 0 Å². The minimum absolute atomic E-state index is 0.106. The summed E-state index contributed by atoms with van der Waals surface area (Å²) in [7, 11) is 0. The molecule has 140 valence electrons. The first-order chi connectivity index (χ1) is 13.1. The highest BCUT2D eigenvalue weighted by atomic mass is 16.1. The Balaban J connectivity index is 0.000000614. The Bertz CT molecular complexity index is 1030. The van der Waals surface area contributed by atoms with Gasteiger partial charge in [-0.25, -0.2) is 0 Å². The molecule has 1 heterocycles. The summed E-state index contributed by atoms with van der Waals surface area (Å²) in [6.45, 7) is 12.0. The lowest BCUT2D eigenvalue weighted by Crippen LogP contribution is -2.10. The Morgan fingerprint density at radius 1 is 0.630 bits per heavy atom. The third kappa shape index (κ3) is 3.95. The molecule has 0 aliphatic carbocycles. The Labute approximate surface area is 162 Å². The maximum atomic E-state index is 13.0. The van der Waals surface area contributed by atoms with Crippen LogP contribution in [0.5, 0.6) is 0 Å². The van der Waals surface area contributed by atoms with E-state index in [9.17, 15) is 4.79 Å². The fraction of sp³-hybridized carbons (Fsp3) is 0.240. The van der Waals surface area contributed by atoms with Gasteiger partial charge in [-0.2, -0.15) is 0 Å². The molecular weight excluding hydrogens is 330 g/mol. The molecular formula is C25H29NO. The minimum atomic E-state index is 0.106. The number of hydrogen-bond donors (Lipinski definition) is 0. The van der Waals surface area contributed by atoms with Crippen molar-refractivity contribution in [3.05, 3.63) is 88.1 Å². The summed E-state index contributed by atoms with van der Waals surface area (Å²) in [6, 6.07) is 22.4. The maximum Gasteiger partial charge on any atom is 0.197 e. The van der Waals surface area contributed by atoms with Crippen molar-refractivity contribution < 1.29 is 0 Å². The fourth-order valence-electron chi connectivity index (χ4n) is 3.18. The molecule has 0 fully saturated rings. The van der Waals surface area contributed by atoms with Crippen LogP contribution in [0.25, 0.3) is 27.5 Å². The Kier molecular flexibility index (Phi) is 6.95. The number of nitrogens with zero attached hydrogens (tertiary/aromatic N) is 1. The number of hydrogen-bond acceptors (Lipinski definition) is 1.